The third kappa shape index (κ3) is 1.92. The average molecular weight is 227 g/mol. The molecular formula is C11H12ClFN2. The SMILES string of the molecule is CN1C=C(N)C(c2cc(F)ccc2Cl)C1. The first-order chi connectivity index (χ1) is 7.08. The van der Waals surface area contributed by atoms with E-state index < -0.39 is 0 Å². The van der Waals surface area contributed by atoms with Gasteiger partial charge in [0.15, 0.2) is 0 Å². The van der Waals surface area contributed by atoms with Gasteiger partial charge < -0.3 is 10.6 Å². The van der Waals surface area contributed by atoms with Crippen molar-refractivity contribution in [2.75, 3.05) is 13.6 Å². The first kappa shape index (κ1) is 10.3. The van der Waals surface area contributed by atoms with E-state index in [9.17, 15) is 4.39 Å². The second kappa shape index (κ2) is 3.74. The molecule has 1 aliphatic rings. The molecule has 15 heavy (non-hydrogen) atoms. The normalized spacial score (nSPS) is 20.6. The molecule has 2 N–H and O–H groups in total. The third-order valence-electron chi connectivity index (χ3n) is 2.58. The van der Waals surface area contributed by atoms with Gasteiger partial charge in [-0.25, -0.2) is 4.39 Å². The molecule has 0 spiro atoms. The minimum Gasteiger partial charge on any atom is -0.400 e. The van der Waals surface area contributed by atoms with Crippen LogP contribution in [0.2, 0.25) is 5.02 Å². The van der Waals surface area contributed by atoms with Crippen molar-refractivity contribution in [1.82, 2.24) is 4.90 Å². The van der Waals surface area contributed by atoms with Crippen LogP contribution in [0.5, 0.6) is 0 Å². The van der Waals surface area contributed by atoms with Crippen molar-refractivity contribution < 1.29 is 4.39 Å². The van der Waals surface area contributed by atoms with Crippen LogP contribution in [-0.4, -0.2) is 18.5 Å². The van der Waals surface area contributed by atoms with Crippen LogP contribution in [0.3, 0.4) is 0 Å². The van der Waals surface area contributed by atoms with E-state index >= 15 is 0 Å². The number of likely N-dealkylation sites (N-methyl/N-ethyl adjacent to an activating group) is 1. The highest BCUT2D eigenvalue weighted by Gasteiger charge is 2.24. The molecule has 2 nitrogen and oxygen atoms in total. The minimum atomic E-state index is -0.281. The average Bonchev–Trinajstić information content (AvgIpc) is 2.50. The third-order valence-corrected chi connectivity index (χ3v) is 2.92. The van der Waals surface area contributed by atoms with E-state index in [2.05, 4.69) is 0 Å². The summed E-state index contributed by atoms with van der Waals surface area (Å²) in [5, 5.41) is 0.563. The molecule has 0 amide bonds. The van der Waals surface area contributed by atoms with Crippen LogP contribution in [0, 0.1) is 5.82 Å². The molecule has 0 bridgehead atoms. The Bertz CT molecular complexity index is 417. The van der Waals surface area contributed by atoms with Gasteiger partial charge in [0, 0.05) is 36.4 Å². The van der Waals surface area contributed by atoms with Gasteiger partial charge in [-0.15, -0.1) is 0 Å². The first-order valence-electron chi connectivity index (χ1n) is 4.70. The highest BCUT2D eigenvalue weighted by atomic mass is 35.5. The van der Waals surface area contributed by atoms with Gasteiger partial charge >= 0.3 is 0 Å². The summed E-state index contributed by atoms with van der Waals surface area (Å²) in [7, 11) is 1.93. The molecule has 0 fully saturated rings. The largest absolute Gasteiger partial charge is 0.400 e. The lowest BCUT2D eigenvalue weighted by Crippen LogP contribution is -2.14. The number of halogens is 2. The fourth-order valence-electron chi connectivity index (χ4n) is 1.85. The second-order valence-electron chi connectivity index (χ2n) is 3.79. The van der Waals surface area contributed by atoms with Gasteiger partial charge in [-0.2, -0.15) is 0 Å². The Labute approximate surface area is 93.1 Å². The van der Waals surface area contributed by atoms with Crippen molar-refractivity contribution in [2.24, 2.45) is 5.73 Å². The highest BCUT2D eigenvalue weighted by Crippen LogP contribution is 2.32. The lowest BCUT2D eigenvalue weighted by Gasteiger charge is -2.15. The van der Waals surface area contributed by atoms with E-state index in [1.54, 1.807) is 6.07 Å². The zero-order valence-corrected chi connectivity index (χ0v) is 9.13. The smallest absolute Gasteiger partial charge is 0.123 e. The quantitative estimate of drug-likeness (QED) is 0.796. The summed E-state index contributed by atoms with van der Waals surface area (Å²) in [6.45, 7) is 0.745. The van der Waals surface area contributed by atoms with Crippen molar-refractivity contribution in [3.63, 3.8) is 0 Å². The molecule has 1 heterocycles. The maximum absolute atomic E-state index is 13.1. The zero-order valence-electron chi connectivity index (χ0n) is 8.37. The Balaban J connectivity index is 2.38. The number of nitrogens with zero attached hydrogens (tertiary/aromatic N) is 1. The Kier molecular flexibility index (Phi) is 2.57. The lowest BCUT2D eigenvalue weighted by atomic mass is 9.98. The molecule has 1 aromatic carbocycles. The molecule has 1 aliphatic heterocycles. The predicted octanol–water partition coefficient (Wildman–Crippen LogP) is 2.31. The summed E-state index contributed by atoms with van der Waals surface area (Å²) in [4.78, 5) is 1.97. The summed E-state index contributed by atoms with van der Waals surface area (Å²) < 4.78 is 13.1. The Morgan fingerprint density at radius 3 is 2.87 bits per heavy atom. The number of hydrogen-bond donors (Lipinski definition) is 1. The molecule has 0 saturated heterocycles. The second-order valence-corrected chi connectivity index (χ2v) is 4.19. The summed E-state index contributed by atoms with van der Waals surface area (Å²) in [6.07, 6.45) is 1.85. The molecule has 1 atom stereocenters. The van der Waals surface area contributed by atoms with Crippen LogP contribution >= 0.6 is 11.6 Å². The fraction of sp³-hybridized carbons (Fsp3) is 0.273. The highest BCUT2D eigenvalue weighted by molar-refractivity contribution is 6.31. The molecule has 0 aliphatic carbocycles. The Hall–Kier alpha value is -1.22. The van der Waals surface area contributed by atoms with E-state index in [1.165, 1.54) is 12.1 Å². The van der Waals surface area contributed by atoms with Gasteiger partial charge in [0.2, 0.25) is 0 Å². The Morgan fingerprint density at radius 2 is 2.27 bits per heavy atom. The van der Waals surface area contributed by atoms with Crippen LogP contribution < -0.4 is 5.73 Å². The van der Waals surface area contributed by atoms with Crippen LogP contribution in [0.1, 0.15) is 11.5 Å². The zero-order chi connectivity index (χ0) is 11.0. The van der Waals surface area contributed by atoms with Gasteiger partial charge in [0.1, 0.15) is 5.82 Å². The topological polar surface area (TPSA) is 29.3 Å². The van der Waals surface area contributed by atoms with Crippen LogP contribution in [-0.2, 0) is 0 Å². The van der Waals surface area contributed by atoms with Gasteiger partial charge in [-0.05, 0) is 23.8 Å². The van der Waals surface area contributed by atoms with E-state index in [0.29, 0.717) is 5.02 Å². The Morgan fingerprint density at radius 1 is 1.53 bits per heavy atom. The maximum Gasteiger partial charge on any atom is 0.123 e. The van der Waals surface area contributed by atoms with Crippen molar-refractivity contribution in [3.05, 3.63) is 46.5 Å². The molecule has 0 radical (unpaired) electrons. The summed E-state index contributed by atoms with van der Waals surface area (Å²) in [5.41, 5.74) is 7.34. The molecule has 4 heteroatoms. The number of hydrogen-bond acceptors (Lipinski definition) is 2. The predicted molar refractivity (Wildman–Crippen MR) is 59.1 cm³/mol. The number of rotatable bonds is 1. The van der Waals surface area contributed by atoms with Gasteiger partial charge in [-0.1, -0.05) is 11.6 Å². The molecule has 2 rings (SSSR count). The van der Waals surface area contributed by atoms with Crippen LogP contribution in [0.4, 0.5) is 4.39 Å². The van der Waals surface area contributed by atoms with Crippen molar-refractivity contribution in [1.29, 1.82) is 0 Å². The van der Waals surface area contributed by atoms with E-state index in [-0.39, 0.29) is 11.7 Å². The summed E-state index contributed by atoms with van der Waals surface area (Å²) in [5.74, 6) is -0.282. The summed E-state index contributed by atoms with van der Waals surface area (Å²) in [6, 6.07) is 4.37. The standard InChI is InChI=1S/C11H12ClFN2/c1-15-5-9(11(14)6-15)8-4-7(13)2-3-10(8)12/h2-4,6,9H,5,14H2,1H3. The number of nitrogens with two attached hydrogens (primary N) is 1. The summed E-state index contributed by atoms with van der Waals surface area (Å²) >= 11 is 6.02. The van der Waals surface area contributed by atoms with Crippen molar-refractivity contribution in [3.8, 4) is 0 Å². The van der Waals surface area contributed by atoms with Crippen LogP contribution in [0.25, 0.3) is 0 Å². The number of benzene rings is 1. The van der Waals surface area contributed by atoms with Crippen LogP contribution in [0.15, 0.2) is 30.1 Å². The molecule has 0 saturated carbocycles. The molecule has 1 unspecified atom stereocenters. The monoisotopic (exact) mass is 226 g/mol. The molecular weight excluding hydrogens is 215 g/mol. The van der Waals surface area contributed by atoms with E-state index in [0.717, 1.165) is 17.8 Å². The van der Waals surface area contributed by atoms with E-state index in [1.807, 2.05) is 18.1 Å². The van der Waals surface area contributed by atoms with Gasteiger partial charge in [0.25, 0.3) is 0 Å². The molecule has 80 valence electrons. The van der Waals surface area contributed by atoms with Crippen molar-refractivity contribution >= 4 is 11.6 Å². The lowest BCUT2D eigenvalue weighted by molar-refractivity contribution is 0.473. The van der Waals surface area contributed by atoms with Crippen molar-refractivity contribution in [2.45, 2.75) is 5.92 Å². The van der Waals surface area contributed by atoms with E-state index in [4.69, 9.17) is 17.3 Å². The fourth-order valence-corrected chi connectivity index (χ4v) is 2.10. The molecule has 1 aromatic rings. The maximum atomic E-state index is 13.1. The van der Waals surface area contributed by atoms with Gasteiger partial charge in [0.05, 0.1) is 0 Å². The first-order valence-corrected chi connectivity index (χ1v) is 5.08. The minimum absolute atomic E-state index is 0.00167. The van der Waals surface area contributed by atoms with Gasteiger partial charge in [-0.3, -0.25) is 0 Å². The molecule has 0 aromatic heterocycles.